The molecule has 4 aromatic rings. The van der Waals surface area contributed by atoms with Crippen LogP contribution in [0.3, 0.4) is 0 Å². The Balaban J connectivity index is 1.88. The number of benzene rings is 2. The summed E-state index contributed by atoms with van der Waals surface area (Å²) >= 11 is 0. The largest absolute Gasteiger partial charge is 0.358 e. The Morgan fingerprint density at radius 3 is 2.18 bits per heavy atom. The molecule has 0 unspecified atom stereocenters. The fourth-order valence-electron chi connectivity index (χ4n) is 4.16. The third kappa shape index (κ3) is 3.88. The van der Waals surface area contributed by atoms with E-state index < -0.39 is 10.1 Å². The van der Waals surface area contributed by atoms with Gasteiger partial charge in [-0.3, -0.25) is 9.78 Å². The molecule has 0 radical (unpaired) electrons. The summed E-state index contributed by atoms with van der Waals surface area (Å²) in [5, 5.41) is 5.20. The van der Waals surface area contributed by atoms with Crippen molar-refractivity contribution >= 4 is 26.8 Å². The molecule has 0 aliphatic heterocycles. The van der Waals surface area contributed by atoms with Crippen LogP contribution in [0.25, 0.3) is 10.9 Å². The van der Waals surface area contributed by atoms with E-state index in [1.54, 1.807) is 32.2 Å². The maximum atomic E-state index is 13.8. The van der Waals surface area contributed by atoms with Gasteiger partial charge in [-0.15, -0.1) is 0 Å². The molecule has 8 heteroatoms. The monoisotopic (exact) mass is 477 g/mol. The van der Waals surface area contributed by atoms with Crippen LogP contribution in [0, 0.1) is 41.5 Å². The standard InChI is InChI=1S/C26H27N3O4S/c1-14-8-11-20(12-9-14)34(31,32)33-26-23(19(6)28-29(26)7)25(30)21-13-10-15(2)22-17(4)16(3)18(5)27-24(21)22/h8-13H,1-7H3. The molecule has 0 bridgehead atoms. The van der Waals surface area contributed by atoms with Crippen LogP contribution in [0.4, 0.5) is 0 Å². The van der Waals surface area contributed by atoms with E-state index in [1.165, 1.54) is 16.8 Å². The number of carbonyl (C=O) groups excluding carboxylic acids is 1. The number of ketones is 1. The quantitative estimate of drug-likeness (QED) is 0.302. The number of rotatable bonds is 5. The summed E-state index contributed by atoms with van der Waals surface area (Å²) in [6.07, 6.45) is 0. The van der Waals surface area contributed by atoms with Crippen molar-refractivity contribution in [1.82, 2.24) is 14.8 Å². The number of nitrogens with zero attached hydrogens (tertiary/aromatic N) is 3. The SMILES string of the molecule is Cc1ccc(S(=O)(=O)Oc2c(C(=O)c3ccc(C)c4c(C)c(C)c(C)nc34)c(C)nn2C)cc1. The highest BCUT2D eigenvalue weighted by Gasteiger charge is 2.29. The van der Waals surface area contributed by atoms with Crippen molar-refractivity contribution in [2.45, 2.75) is 46.4 Å². The molecule has 34 heavy (non-hydrogen) atoms. The second-order valence-corrected chi connectivity index (χ2v) is 10.2. The summed E-state index contributed by atoms with van der Waals surface area (Å²) in [5.74, 6) is -0.516. The van der Waals surface area contributed by atoms with Crippen LogP contribution < -0.4 is 4.18 Å². The lowest BCUT2D eigenvalue weighted by atomic mass is 9.93. The van der Waals surface area contributed by atoms with Crippen LogP contribution >= 0.6 is 0 Å². The minimum Gasteiger partial charge on any atom is -0.358 e. The Labute approximate surface area is 199 Å². The maximum absolute atomic E-state index is 13.8. The number of pyridine rings is 1. The number of hydrogen-bond acceptors (Lipinski definition) is 6. The third-order valence-electron chi connectivity index (χ3n) is 6.29. The zero-order valence-electron chi connectivity index (χ0n) is 20.3. The van der Waals surface area contributed by atoms with E-state index in [9.17, 15) is 13.2 Å². The Morgan fingerprint density at radius 1 is 0.882 bits per heavy atom. The molecule has 0 spiro atoms. The van der Waals surface area contributed by atoms with Gasteiger partial charge in [0, 0.05) is 23.7 Å². The van der Waals surface area contributed by atoms with Crippen LogP contribution in [0.1, 0.15) is 49.6 Å². The Morgan fingerprint density at radius 2 is 1.53 bits per heavy atom. The molecule has 0 aliphatic carbocycles. The lowest BCUT2D eigenvalue weighted by Crippen LogP contribution is -2.15. The molecule has 0 N–H and O–H groups in total. The highest BCUT2D eigenvalue weighted by molar-refractivity contribution is 7.87. The van der Waals surface area contributed by atoms with Crippen molar-refractivity contribution in [2.75, 3.05) is 0 Å². The van der Waals surface area contributed by atoms with E-state index in [2.05, 4.69) is 5.10 Å². The van der Waals surface area contributed by atoms with E-state index in [4.69, 9.17) is 9.17 Å². The van der Waals surface area contributed by atoms with Crippen LogP contribution in [-0.2, 0) is 17.2 Å². The van der Waals surface area contributed by atoms with Gasteiger partial charge < -0.3 is 4.18 Å². The summed E-state index contributed by atoms with van der Waals surface area (Å²) in [6, 6.07) is 9.93. The van der Waals surface area contributed by atoms with Crippen LogP contribution in [0.2, 0.25) is 0 Å². The molecule has 0 saturated heterocycles. The Bertz CT molecular complexity index is 1570. The van der Waals surface area contributed by atoms with Crippen LogP contribution in [-0.4, -0.2) is 29.0 Å². The zero-order valence-corrected chi connectivity index (χ0v) is 21.2. The fraction of sp³-hybridized carbons (Fsp3) is 0.269. The average Bonchev–Trinajstić information content (AvgIpc) is 3.04. The molecular weight excluding hydrogens is 450 g/mol. The maximum Gasteiger partial charge on any atom is 0.340 e. The summed E-state index contributed by atoms with van der Waals surface area (Å²) in [5.41, 5.74) is 6.35. The fourth-order valence-corrected chi connectivity index (χ4v) is 5.13. The Hall–Kier alpha value is -3.52. The number of aromatic nitrogens is 3. The van der Waals surface area contributed by atoms with Crippen molar-refractivity contribution in [2.24, 2.45) is 7.05 Å². The molecular formula is C26H27N3O4S. The van der Waals surface area contributed by atoms with Gasteiger partial charge in [0.25, 0.3) is 0 Å². The predicted molar refractivity (Wildman–Crippen MR) is 131 cm³/mol. The van der Waals surface area contributed by atoms with E-state index in [0.29, 0.717) is 16.8 Å². The van der Waals surface area contributed by atoms with Gasteiger partial charge in [0.1, 0.15) is 10.5 Å². The van der Waals surface area contributed by atoms with Gasteiger partial charge in [-0.2, -0.15) is 13.5 Å². The average molecular weight is 478 g/mol. The van der Waals surface area contributed by atoms with Gasteiger partial charge in [-0.1, -0.05) is 23.8 Å². The van der Waals surface area contributed by atoms with Gasteiger partial charge in [-0.25, -0.2) is 4.68 Å². The van der Waals surface area contributed by atoms with Crippen molar-refractivity contribution in [1.29, 1.82) is 0 Å². The van der Waals surface area contributed by atoms with Crippen molar-refractivity contribution < 1.29 is 17.4 Å². The van der Waals surface area contributed by atoms with Crippen molar-refractivity contribution in [3.63, 3.8) is 0 Å². The van der Waals surface area contributed by atoms with E-state index in [0.717, 1.165) is 33.3 Å². The molecule has 176 valence electrons. The van der Waals surface area contributed by atoms with Gasteiger partial charge in [0.15, 0.2) is 0 Å². The normalized spacial score (nSPS) is 11.7. The summed E-state index contributed by atoms with van der Waals surface area (Å²) in [4.78, 5) is 18.6. The first-order valence-electron chi connectivity index (χ1n) is 10.9. The van der Waals surface area contributed by atoms with Gasteiger partial charge in [-0.05, 0) is 76.4 Å². The molecule has 0 saturated carbocycles. The number of aryl methyl sites for hydroxylation is 6. The first kappa shape index (κ1) is 23.6. The van der Waals surface area contributed by atoms with E-state index in [-0.39, 0.29) is 22.1 Å². The summed E-state index contributed by atoms with van der Waals surface area (Å²) in [7, 11) is -2.63. The first-order chi connectivity index (χ1) is 15.9. The second kappa shape index (κ2) is 8.36. The number of hydrogen-bond donors (Lipinski definition) is 0. The van der Waals surface area contributed by atoms with Crippen LogP contribution in [0.5, 0.6) is 5.88 Å². The molecule has 7 nitrogen and oxygen atoms in total. The van der Waals surface area contributed by atoms with Crippen molar-refractivity contribution in [3.8, 4) is 5.88 Å². The molecule has 2 aromatic heterocycles. The van der Waals surface area contributed by atoms with Gasteiger partial charge in [0.2, 0.25) is 11.7 Å². The topological polar surface area (TPSA) is 91.2 Å². The van der Waals surface area contributed by atoms with Crippen LogP contribution in [0.15, 0.2) is 41.3 Å². The van der Waals surface area contributed by atoms with E-state index in [1.807, 2.05) is 40.7 Å². The molecule has 0 atom stereocenters. The van der Waals surface area contributed by atoms with E-state index >= 15 is 0 Å². The van der Waals surface area contributed by atoms with Gasteiger partial charge >= 0.3 is 10.1 Å². The Kier molecular flexibility index (Phi) is 5.81. The third-order valence-corrected chi connectivity index (χ3v) is 7.51. The zero-order chi connectivity index (χ0) is 24.9. The molecule has 0 aliphatic rings. The molecule has 2 heterocycles. The van der Waals surface area contributed by atoms with Crippen molar-refractivity contribution in [3.05, 3.63) is 81.2 Å². The summed E-state index contributed by atoms with van der Waals surface area (Å²) < 4.78 is 32.7. The lowest BCUT2D eigenvalue weighted by molar-refractivity contribution is 0.103. The predicted octanol–water partition coefficient (Wildman–Crippen LogP) is 4.82. The smallest absolute Gasteiger partial charge is 0.340 e. The summed E-state index contributed by atoms with van der Waals surface area (Å²) in [6.45, 7) is 11.4. The highest BCUT2D eigenvalue weighted by atomic mass is 32.2. The minimum atomic E-state index is -4.17. The molecule has 0 fully saturated rings. The molecule has 4 rings (SSSR count). The second-order valence-electron chi connectivity index (χ2n) is 8.67. The number of carbonyl (C=O) groups is 1. The number of fused-ring (bicyclic) bond motifs is 1. The molecule has 2 aromatic carbocycles. The minimum absolute atomic E-state index is 0.000436. The molecule has 0 amide bonds. The first-order valence-corrected chi connectivity index (χ1v) is 12.3. The van der Waals surface area contributed by atoms with Gasteiger partial charge in [0.05, 0.1) is 11.2 Å². The highest BCUT2D eigenvalue weighted by Crippen LogP contribution is 2.32. The lowest BCUT2D eigenvalue weighted by Gasteiger charge is -2.14.